The van der Waals surface area contributed by atoms with Crippen LogP contribution in [0, 0.1) is 0 Å². The van der Waals surface area contributed by atoms with Gasteiger partial charge in [0, 0.05) is 15.6 Å². The van der Waals surface area contributed by atoms with Crippen molar-refractivity contribution in [1.82, 2.24) is 9.78 Å². The summed E-state index contributed by atoms with van der Waals surface area (Å²) in [4.78, 5) is 11.8. The number of nitrogens with one attached hydrogen (secondary N) is 1. The van der Waals surface area contributed by atoms with Crippen molar-refractivity contribution in [2.24, 2.45) is 0 Å². The quantitative estimate of drug-likeness (QED) is 0.936. The topological polar surface area (TPSA) is 46.9 Å². The number of benzene rings is 1. The van der Waals surface area contributed by atoms with E-state index in [9.17, 15) is 13.6 Å². The number of alkyl halides is 2. The zero-order valence-electron chi connectivity index (χ0n) is 9.28. The summed E-state index contributed by atoms with van der Waals surface area (Å²) in [6, 6.07) is 4.31. The SMILES string of the molecule is O=C(Nc1cnn(C(F)F)c1)c1cc(Cl)cc(Cl)c1. The van der Waals surface area contributed by atoms with Gasteiger partial charge >= 0.3 is 6.55 Å². The van der Waals surface area contributed by atoms with Crippen LogP contribution in [-0.4, -0.2) is 15.7 Å². The molecule has 100 valence electrons. The molecule has 0 saturated carbocycles. The molecule has 4 nitrogen and oxygen atoms in total. The molecule has 0 saturated heterocycles. The van der Waals surface area contributed by atoms with Crippen molar-refractivity contribution in [2.75, 3.05) is 5.32 Å². The van der Waals surface area contributed by atoms with Crippen molar-refractivity contribution in [3.63, 3.8) is 0 Å². The monoisotopic (exact) mass is 305 g/mol. The Morgan fingerprint density at radius 1 is 1.26 bits per heavy atom. The van der Waals surface area contributed by atoms with E-state index in [1.807, 2.05) is 0 Å². The van der Waals surface area contributed by atoms with Crippen molar-refractivity contribution in [2.45, 2.75) is 6.55 Å². The summed E-state index contributed by atoms with van der Waals surface area (Å²) in [5.41, 5.74) is 0.378. The molecule has 1 heterocycles. The summed E-state index contributed by atoms with van der Waals surface area (Å²) in [7, 11) is 0. The minimum atomic E-state index is -2.76. The number of aromatic nitrogens is 2. The second-order valence-electron chi connectivity index (χ2n) is 3.60. The van der Waals surface area contributed by atoms with Gasteiger partial charge in [-0.3, -0.25) is 4.79 Å². The molecule has 0 atom stereocenters. The third-order valence-corrected chi connectivity index (χ3v) is 2.62. The molecule has 0 aliphatic rings. The molecule has 1 N–H and O–H groups in total. The predicted molar refractivity (Wildman–Crippen MR) is 67.9 cm³/mol. The smallest absolute Gasteiger partial charge is 0.319 e. The fourth-order valence-corrected chi connectivity index (χ4v) is 1.92. The van der Waals surface area contributed by atoms with Crippen molar-refractivity contribution in [3.05, 3.63) is 46.2 Å². The molecule has 0 radical (unpaired) electrons. The minimum absolute atomic E-state index is 0.154. The fraction of sp³-hybridized carbons (Fsp3) is 0.0909. The van der Waals surface area contributed by atoms with E-state index in [0.29, 0.717) is 14.7 Å². The Bertz CT molecular complexity index is 595. The third kappa shape index (κ3) is 3.42. The number of amides is 1. The molecule has 2 rings (SSSR count). The number of hydrogen-bond donors (Lipinski definition) is 1. The highest BCUT2D eigenvalue weighted by atomic mass is 35.5. The predicted octanol–water partition coefficient (Wildman–Crippen LogP) is 3.84. The number of halogens is 4. The lowest BCUT2D eigenvalue weighted by Gasteiger charge is -2.03. The Morgan fingerprint density at radius 2 is 1.89 bits per heavy atom. The van der Waals surface area contributed by atoms with Crippen LogP contribution in [0.4, 0.5) is 14.5 Å². The van der Waals surface area contributed by atoms with E-state index >= 15 is 0 Å². The van der Waals surface area contributed by atoms with Gasteiger partial charge in [-0.2, -0.15) is 13.9 Å². The molecule has 1 aromatic carbocycles. The largest absolute Gasteiger partial charge is 0.333 e. The van der Waals surface area contributed by atoms with Gasteiger partial charge in [0.05, 0.1) is 18.1 Å². The summed E-state index contributed by atoms with van der Waals surface area (Å²) in [5, 5.41) is 6.43. The lowest BCUT2D eigenvalue weighted by Crippen LogP contribution is -2.11. The second kappa shape index (κ2) is 5.54. The molecule has 0 fully saturated rings. The first kappa shape index (κ1) is 13.8. The Balaban J connectivity index is 2.15. The first-order valence-corrected chi connectivity index (χ1v) is 5.81. The standard InChI is InChI=1S/C11H7Cl2F2N3O/c12-7-1-6(2-8(13)3-7)10(19)17-9-4-16-18(5-9)11(14)15/h1-5,11H,(H,17,19). The summed E-state index contributed by atoms with van der Waals surface area (Å²) in [6.45, 7) is -2.76. The van der Waals surface area contributed by atoms with E-state index < -0.39 is 12.5 Å². The Hall–Kier alpha value is -1.66. The van der Waals surface area contributed by atoms with Crippen LogP contribution in [0.2, 0.25) is 10.0 Å². The number of anilines is 1. The first-order valence-electron chi connectivity index (χ1n) is 5.05. The number of carbonyl (C=O) groups excluding carboxylic acids is 1. The van der Waals surface area contributed by atoms with E-state index in [1.54, 1.807) is 0 Å². The summed E-state index contributed by atoms with van der Waals surface area (Å²) in [5.74, 6) is -0.516. The van der Waals surface area contributed by atoms with E-state index in [4.69, 9.17) is 23.2 Å². The average Bonchev–Trinajstić information content (AvgIpc) is 2.76. The van der Waals surface area contributed by atoms with Gasteiger partial charge in [0.2, 0.25) is 0 Å². The van der Waals surface area contributed by atoms with Crippen molar-refractivity contribution >= 4 is 34.8 Å². The van der Waals surface area contributed by atoms with Crippen LogP contribution in [0.5, 0.6) is 0 Å². The van der Waals surface area contributed by atoms with Gasteiger partial charge in [-0.05, 0) is 18.2 Å². The van der Waals surface area contributed by atoms with Gasteiger partial charge in [0.25, 0.3) is 5.91 Å². The van der Waals surface area contributed by atoms with Gasteiger partial charge in [-0.15, -0.1) is 0 Å². The first-order chi connectivity index (χ1) is 8.95. The second-order valence-corrected chi connectivity index (χ2v) is 4.47. The van der Waals surface area contributed by atoms with Crippen molar-refractivity contribution in [3.8, 4) is 0 Å². The highest BCUT2D eigenvalue weighted by Crippen LogP contribution is 2.20. The van der Waals surface area contributed by atoms with Crippen LogP contribution in [0.3, 0.4) is 0 Å². The van der Waals surface area contributed by atoms with Crippen LogP contribution >= 0.6 is 23.2 Å². The molecular weight excluding hydrogens is 299 g/mol. The zero-order valence-corrected chi connectivity index (χ0v) is 10.8. The lowest BCUT2D eigenvalue weighted by molar-refractivity contribution is 0.0566. The number of hydrogen-bond acceptors (Lipinski definition) is 2. The highest BCUT2D eigenvalue weighted by molar-refractivity contribution is 6.35. The maximum Gasteiger partial charge on any atom is 0.333 e. The molecule has 0 aliphatic heterocycles. The molecule has 1 amide bonds. The van der Waals surface area contributed by atoms with Crippen molar-refractivity contribution in [1.29, 1.82) is 0 Å². The summed E-state index contributed by atoms with van der Waals surface area (Å²) in [6.07, 6.45) is 2.14. The van der Waals surface area contributed by atoms with E-state index in [0.717, 1.165) is 12.4 Å². The average molecular weight is 306 g/mol. The Labute approximate surface area is 116 Å². The van der Waals surface area contributed by atoms with Gasteiger partial charge in [0.15, 0.2) is 0 Å². The van der Waals surface area contributed by atoms with Crippen LogP contribution in [0.25, 0.3) is 0 Å². The van der Waals surface area contributed by atoms with E-state index in [1.165, 1.54) is 18.2 Å². The summed E-state index contributed by atoms with van der Waals surface area (Å²) >= 11 is 11.5. The number of rotatable bonds is 3. The van der Waals surface area contributed by atoms with Crippen LogP contribution < -0.4 is 5.32 Å². The van der Waals surface area contributed by atoms with Crippen LogP contribution in [-0.2, 0) is 0 Å². The molecule has 19 heavy (non-hydrogen) atoms. The molecular formula is C11H7Cl2F2N3O. The van der Waals surface area contributed by atoms with E-state index in [-0.39, 0.29) is 11.3 Å². The molecule has 0 bridgehead atoms. The highest BCUT2D eigenvalue weighted by Gasteiger charge is 2.12. The molecule has 0 aliphatic carbocycles. The van der Waals surface area contributed by atoms with Gasteiger partial charge in [-0.25, -0.2) is 4.68 Å². The molecule has 0 unspecified atom stereocenters. The van der Waals surface area contributed by atoms with Crippen molar-refractivity contribution < 1.29 is 13.6 Å². The molecule has 1 aromatic heterocycles. The number of carbonyl (C=O) groups is 1. The lowest BCUT2D eigenvalue weighted by atomic mass is 10.2. The Morgan fingerprint density at radius 3 is 2.42 bits per heavy atom. The summed E-state index contributed by atoms with van der Waals surface area (Å²) < 4.78 is 25.0. The molecule has 0 spiro atoms. The maximum atomic E-state index is 12.3. The van der Waals surface area contributed by atoms with E-state index in [2.05, 4.69) is 10.4 Å². The van der Waals surface area contributed by atoms with Gasteiger partial charge in [0.1, 0.15) is 0 Å². The maximum absolute atomic E-state index is 12.3. The van der Waals surface area contributed by atoms with Gasteiger partial charge < -0.3 is 5.32 Å². The van der Waals surface area contributed by atoms with Crippen LogP contribution in [0.15, 0.2) is 30.6 Å². The normalized spacial score (nSPS) is 10.8. The third-order valence-electron chi connectivity index (χ3n) is 2.18. The van der Waals surface area contributed by atoms with Gasteiger partial charge in [-0.1, -0.05) is 23.2 Å². The Kier molecular flexibility index (Phi) is 4.01. The molecule has 2 aromatic rings. The minimum Gasteiger partial charge on any atom is -0.319 e. The van der Waals surface area contributed by atoms with Crippen LogP contribution in [0.1, 0.15) is 16.9 Å². The molecule has 8 heteroatoms. The zero-order chi connectivity index (χ0) is 14.0. The fourth-order valence-electron chi connectivity index (χ4n) is 1.40. The number of nitrogens with zero attached hydrogens (tertiary/aromatic N) is 2.